The zero-order valence-corrected chi connectivity index (χ0v) is 34.0. The minimum Gasteiger partial charge on any atom is -0.508 e. The number of carboxylic acid groups (broad SMARTS) is 3. The molecule has 0 aliphatic heterocycles. The first-order valence-corrected chi connectivity index (χ1v) is 19.7. The largest absolute Gasteiger partial charge is 0.508 e. The van der Waals surface area contributed by atoms with Crippen LogP contribution in [0, 0.1) is 5.92 Å². The van der Waals surface area contributed by atoms with Crippen molar-refractivity contribution in [3.63, 3.8) is 0 Å². The average Bonchev–Trinajstić information content (AvgIpc) is 3.62. The molecule has 62 heavy (non-hydrogen) atoms. The zero-order chi connectivity index (χ0) is 45.5. The van der Waals surface area contributed by atoms with Crippen molar-refractivity contribution < 1.29 is 58.8 Å². The minimum absolute atomic E-state index is 0.0460. The number of fused-ring (bicyclic) bond motifs is 1. The Bertz CT molecular complexity index is 2230. The van der Waals surface area contributed by atoms with E-state index in [2.05, 4.69) is 31.6 Å². The summed E-state index contributed by atoms with van der Waals surface area (Å²) in [6.07, 6.45) is -0.551. The van der Waals surface area contributed by atoms with Crippen LogP contribution in [0.15, 0.2) is 85.1 Å². The second-order valence-corrected chi connectivity index (χ2v) is 15.2. The van der Waals surface area contributed by atoms with Crippen molar-refractivity contribution in [2.75, 3.05) is 0 Å². The second kappa shape index (κ2) is 22.4. The quantitative estimate of drug-likeness (QED) is 0.0491. The van der Waals surface area contributed by atoms with Gasteiger partial charge in [-0.25, -0.2) is 4.79 Å². The molecule has 19 nitrogen and oxygen atoms in total. The number of nitrogens with one attached hydrogen (secondary N) is 6. The molecule has 12 N–H and O–H groups in total. The SMILES string of the molecule is CC(C)C[C@H](NC(=O)[C@H](Cc1ccccc1)NC(=O)[C@H](CC(=O)O)NC(=O)[C@@H](N)Cc1c[nH]c2ccccc12)C(=O)N[C@@H](CC(=O)O)C(=O)N[C@@H](Cc1ccc(O)cc1)C(=O)O. The van der Waals surface area contributed by atoms with E-state index >= 15 is 0 Å². The Morgan fingerprint density at radius 2 is 1.03 bits per heavy atom. The van der Waals surface area contributed by atoms with E-state index in [1.807, 2.05) is 24.3 Å². The van der Waals surface area contributed by atoms with Gasteiger partial charge in [-0.3, -0.25) is 33.6 Å². The summed E-state index contributed by atoms with van der Waals surface area (Å²) in [7, 11) is 0. The van der Waals surface area contributed by atoms with Gasteiger partial charge in [0.25, 0.3) is 0 Å². The molecule has 0 bridgehead atoms. The van der Waals surface area contributed by atoms with Gasteiger partial charge in [0.05, 0.1) is 18.9 Å². The van der Waals surface area contributed by atoms with E-state index in [1.54, 1.807) is 50.4 Å². The van der Waals surface area contributed by atoms with E-state index in [-0.39, 0.29) is 37.4 Å². The van der Waals surface area contributed by atoms with E-state index in [4.69, 9.17) is 5.73 Å². The number of hydrogen-bond donors (Lipinski definition) is 11. The molecule has 0 radical (unpaired) electrons. The number of carbonyl (C=O) groups is 8. The molecule has 330 valence electrons. The number of aliphatic carboxylic acids is 3. The second-order valence-electron chi connectivity index (χ2n) is 15.2. The Kier molecular flexibility index (Phi) is 17.1. The van der Waals surface area contributed by atoms with Gasteiger partial charge in [-0.1, -0.05) is 74.5 Å². The van der Waals surface area contributed by atoms with Crippen LogP contribution in [0.2, 0.25) is 0 Å². The Labute approximate surface area is 355 Å². The number of H-pyrrole nitrogens is 1. The Balaban J connectivity index is 1.52. The fourth-order valence-electron chi connectivity index (χ4n) is 6.60. The number of phenols is 1. The lowest BCUT2D eigenvalue weighted by molar-refractivity contribution is -0.144. The highest BCUT2D eigenvalue weighted by Crippen LogP contribution is 2.19. The summed E-state index contributed by atoms with van der Waals surface area (Å²) < 4.78 is 0. The number of carbonyl (C=O) groups excluding carboxylic acids is 5. The molecule has 0 spiro atoms. The molecule has 0 saturated carbocycles. The molecule has 5 amide bonds. The van der Waals surface area contributed by atoms with Crippen molar-refractivity contribution in [1.82, 2.24) is 31.6 Å². The molecule has 6 atom stereocenters. The molecule has 0 aliphatic rings. The average molecular weight is 858 g/mol. The number of carboxylic acids is 3. The molecule has 0 fully saturated rings. The standard InChI is InChI=1S/C43H51N7O12/c1-23(2)16-31(39(57)49-34(21-37(54)55)42(60)50-35(43(61)62)18-25-12-14-27(51)15-13-25)47-40(58)32(17-24-8-4-3-5-9-24)48-41(59)33(20-36(52)53)46-38(56)29(44)19-26-22-45-30-11-7-6-10-28(26)30/h3-15,22-23,29,31-35,45,51H,16-21,44H2,1-2H3,(H,46,56)(H,47,58)(H,48,59)(H,49,57)(H,50,60)(H,52,53)(H,54,55)(H,61,62)/t29-,31-,32-,33-,34-,35-/m0/s1. The summed E-state index contributed by atoms with van der Waals surface area (Å²) in [5, 5.41) is 51.5. The fraction of sp³-hybridized carbons (Fsp3) is 0.349. The normalized spacial score (nSPS) is 14.0. The molecular weight excluding hydrogens is 807 g/mol. The van der Waals surface area contributed by atoms with Gasteiger partial charge < -0.3 is 57.7 Å². The van der Waals surface area contributed by atoms with E-state index in [0.717, 1.165) is 10.9 Å². The van der Waals surface area contributed by atoms with E-state index in [1.165, 1.54) is 24.3 Å². The van der Waals surface area contributed by atoms with Gasteiger partial charge in [-0.2, -0.15) is 0 Å². The van der Waals surface area contributed by atoms with Gasteiger partial charge in [0.2, 0.25) is 29.5 Å². The maximum Gasteiger partial charge on any atom is 0.326 e. The molecule has 19 heteroatoms. The molecule has 3 aromatic carbocycles. The first-order chi connectivity index (χ1) is 29.4. The molecule has 4 aromatic rings. The Hall–Kier alpha value is -7.28. The monoisotopic (exact) mass is 857 g/mol. The lowest BCUT2D eigenvalue weighted by atomic mass is 10.00. The van der Waals surface area contributed by atoms with Crippen molar-refractivity contribution in [2.24, 2.45) is 11.7 Å². The van der Waals surface area contributed by atoms with E-state index < -0.39 is 96.5 Å². The van der Waals surface area contributed by atoms with Gasteiger partial charge in [-0.05, 0) is 53.6 Å². The number of phenolic OH excluding ortho intramolecular Hbond substituents is 1. The van der Waals surface area contributed by atoms with Crippen molar-refractivity contribution >= 4 is 58.3 Å². The van der Waals surface area contributed by atoms with Gasteiger partial charge in [0.15, 0.2) is 0 Å². The number of aromatic hydroxyl groups is 1. The predicted molar refractivity (Wildman–Crippen MR) is 223 cm³/mol. The van der Waals surface area contributed by atoms with Crippen LogP contribution in [0.4, 0.5) is 0 Å². The van der Waals surface area contributed by atoms with Crippen LogP contribution < -0.4 is 32.3 Å². The topological polar surface area (TPSA) is 319 Å². The molecule has 4 rings (SSSR count). The third-order valence-electron chi connectivity index (χ3n) is 9.72. The summed E-state index contributed by atoms with van der Waals surface area (Å²) >= 11 is 0. The fourth-order valence-corrected chi connectivity index (χ4v) is 6.60. The highest BCUT2D eigenvalue weighted by molar-refractivity contribution is 5.98. The Morgan fingerprint density at radius 3 is 1.61 bits per heavy atom. The number of aromatic nitrogens is 1. The van der Waals surface area contributed by atoms with Gasteiger partial charge >= 0.3 is 17.9 Å². The lowest BCUT2D eigenvalue weighted by Gasteiger charge is -2.27. The van der Waals surface area contributed by atoms with Gasteiger partial charge in [0.1, 0.15) is 36.0 Å². The lowest BCUT2D eigenvalue weighted by Crippen LogP contribution is -2.60. The molecule has 0 saturated heterocycles. The summed E-state index contributed by atoms with van der Waals surface area (Å²) in [4.78, 5) is 107. The summed E-state index contributed by atoms with van der Waals surface area (Å²) in [5.41, 5.74) is 8.71. The van der Waals surface area contributed by atoms with Crippen LogP contribution in [0.25, 0.3) is 10.9 Å². The maximum absolute atomic E-state index is 14.1. The van der Waals surface area contributed by atoms with Crippen LogP contribution in [0.3, 0.4) is 0 Å². The number of benzene rings is 3. The number of hydrogen-bond acceptors (Lipinski definition) is 10. The van der Waals surface area contributed by atoms with E-state index in [9.17, 15) is 58.8 Å². The number of amides is 5. The summed E-state index contributed by atoms with van der Waals surface area (Å²) in [6, 6.07) is 12.1. The molecule has 1 heterocycles. The minimum atomic E-state index is -1.80. The van der Waals surface area contributed by atoms with Crippen LogP contribution in [0.1, 0.15) is 49.8 Å². The third-order valence-corrected chi connectivity index (χ3v) is 9.72. The number of rotatable bonds is 23. The summed E-state index contributed by atoms with van der Waals surface area (Å²) in [6.45, 7) is 3.45. The Morgan fingerprint density at radius 1 is 0.565 bits per heavy atom. The van der Waals surface area contributed by atoms with Gasteiger partial charge in [-0.15, -0.1) is 0 Å². The van der Waals surface area contributed by atoms with Crippen molar-refractivity contribution in [3.8, 4) is 5.75 Å². The summed E-state index contributed by atoms with van der Waals surface area (Å²) in [5.74, 6) is -9.67. The smallest absolute Gasteiger partial charge is 0.326 e. The van der Waals surface area contributed by atoms with Crippen LogP contribution >= 0.6 is 0 Å². The highest BCUT2D eigenvalue weighted by atomic mass is 16.4. The molecule has 0 aliphatic carbocycles. The van der Waals surface area contributed by atoms with Crippen molar-refractivity contribution in [1.29, 1.82) is 0 Å². The van der Waals surface area contributed by atoms with Crippen molar-refractivity contribution in [2.45, 2.75) is 88.6 Å². The molecular formula is C43H51N7O12. The first-order valence-electron chi connectivity index (χ1n) is 19.7. The van der Waals surface area contributed by atoms with Gasteiger partial charge in [0, 0.05) is 29.9 Å². The maximum atomic E-state index is 14.1. The molecule has 1 aromatic heterocycles. The zero-order valence-electron chi connectivity index (χ0n) is 34.0. The number of nitrogens with two attached hydrogens (primary N) is 1. The predicted octanol–water partition coefficient (Wildman–Crippen LogP) is 0.733. The van der Waals surface area contributed by atoms with Crippen LogP contribution in [-0.2, 0) is 57.6 Å². The van der Waals surface area contributed by atoms with Crippen LogP contribution in [-0.4, -0.2) is 109 Å². The number of para-hydroxylation sites is 1. The molecule has 0 unspecified atom stereocenters. The van der Waals surface area contributed by atoms with E-state index in [0.29, 0.717) is 16.7 Å². The number of aromatic amines is 1. The van der Waals surface area contributed by atoms with Crippen LogP contribution in [0.5, 0.6) is 5.75 Å². The first kappa shape index (κ1) is 47.4. The van der Waals surface area contributed by atoms with Crippen molar-refractivity contribution in [3.05, 3.63) is 102 Å². The third kappa shape index (κ3) is 14.5. The highest BCUT2D eigenvalue weighted by Gasteiger charge is 2.35.